The van der Waals surface area contributed by atoms with E-state index in [2.05, 4.69) is 10.4 Å². The molecule has 0 fully saturated rings. The number of amidine groups is 1. The molecule has 0 atom stereocenters. The second kappa shape index (κ2) is 10.4. The van der Waals surface area contributed by atoms with Crippen LogP contribution < -0.4 is 11.3 Å². The van der Waals surface area contributed by atoms with E-state index in [1.165, 1.54) is 0 Å². The normalized spacial score (nSPS) is 11.8. The van der Waals surface area contributed by atoms with Gasteiger partial charge in [0.05, 0.1) is 13.2 Å². The van der Waals surface area contributed by atoms with Crippen LogP contribution in [0, 0.1) is 0 Å². The standard InChI is InChI=1S/C9H21N3O2/c1-3-14-7-4-5-9(12-10)11-6-8-13-2/h3-8,10H2,1-2H3,(H,11,12). The van der Waals surface area contributed by atoms with Gasteiger partial charge in [-0.15, -0.1) is 0 Å². The number of hydrazine groups is 1. The molecule has 0 saturated heterocycles. The average molecular weight is 203 g/mol. The van der Waals surface area contributed by atoms with Crippen LogP contribution in [-0.4, -0.2) is 39.3 Å². The van der Waals surface area contributed by atoms with Crippen LogP contribution in [0.2, 0.25) is 0 Å². The number of nitrogens with zero attached hydrogens (tertiary/aromatic N) is 1. The van der Waals surface area contributed by atoms with Crippen LogP contribution in [0.25, 0.3) is 0 Å². The molecule has 14 heavy (non-hydrogen) atoms. The minimum Gasteiger partial charge on any atom is -0.383 e. The zero-order valence-electron chi connectivity index (χ0n) is 9.08. The number of rotatable bonds is 8. The number of hydrogen-bond donors (Lipinski definition) is 2. The molecule has 0 aliphatic heterocycles. The van der Waals surface area contributed by atoms with E-state index in [-0.39, 0.29) is 0 Å². The van der Waals surface area contributed by atoms with Crippen molar-refractivity contribution in [1.82, 2.24) is 5.43 Å². The molecule has 0 spiro atoms. The molecule has 0 rings (SSSR count). The summed E-state index contributed by atoms with van der Waals surface area (Å²) in [5.74, 6) is 6.11. The second-order valence-corrected chi connectivity index (χ2v) is 2.77. The fourth-order valence-electron chi connectivity index (χ4n) is 0.955. The minimum atomic E-state index is 0.622. The largest absolute Gasteiger partial charge is 0.383 e. The lowest BCUT2D eigenvalue weighted by Gasteiger charge is -2.05. The molecule has 0 amide bonds. The third-order valence-electron chi connectivity index (χ3n) is 1.67. The molecule has 0 aliphatic carbocycles. The zero-order chi connectivity index (χ0) is 10.6. The summed E-state index contributed by atoms with van der Waals surface area (Å²) in [5, 5.41) is 0. The third-order valence-corrected chi connectivity index (χ3v) is 1.67. The van der Waals surface area contributed by atoms with Crippen LogP contribution in [0.5, 0.6) is 0 Å². The van der Waals surface area contributed by atoms with Gasteiger partial charge in [0.25, 0.3) is 0 Å². The summed E-state index contributed by atoms with van der Waals surface area (Å²) in [4.78, 5) is 4.23. The van der Waals surface area contributed by atoms with E-state index in [1.54, 1.807) is 7.11 Å². The monoisotopic (exact) mass is 203 g/mol. The maximum Gasteiger partial charge on any atom is 0.110 e. The van der Waals surface area contributed by atoms with E-state index < -0.39 is 0 Å². The van der Waals surface area contributed by atoms with E-state index in [4.69, 9.17) is 15.3 Å². The van der Waals surface area contributed by atoms with Crippen LogP contribution in [0.15, 0.2) is 4.99 Å². The highest BCUT2D eigenvalue weighted by molar-refractivity contribution is 5.81. The molecule has 0 radical (unpaired) electrons. The van der Waals surface area contributed by atoms with Gasteiger partial charge < -0.3 is 14.9 Å². The molecule has 3 N–H and O–H groups in total. The Morgan fingerprint density at radius 1 is 1.43 bits per heavy atom. The summed E-state index contributed by atoms with van der Waals surface area (Å²) >= 11 is 0. The topological polar surface area (TPSA) is 68.9 Å². The Bertz CT molecular complexity index is 151. The number of ether oxygens (including phenoxy) is 2. The molecule has 0 saturated carbocycles. The Labute approximate surface area is 85.6 Å². The van der Waals surface area contributed by atoms with Crippen LogP contribution in [0.3, 0.4) is 0 Å². The molecule has 0 aromatic carbocycles. The van der Waals surface area contributed by atoms with Crippen molar-refractivity contribution in [3.05, 3.63) is 0 Å². The number of methoxy groups -OCH3 is 1. The number of nitrogens with one attached hydrogen (secondary N) is 1. The van der Waals surface area contributed by atoms with Crippen molar-refractivity contribution in [1.29, 1.82) is 0 Å². The maximum absolute atomic E-state index is 5.31. The van der Waals surface area contributed by atoms with Crippen molar-refractivity contribution < 1.29 is 9.47 Å². The quantitative estimate of drug-likeness (QED) is 0.196. The highest BCUT2D eigenvalue weighted by Gasteiger charge is 1.96. The zero-order valence-corrected chi connectivity index (χ0v) is 9.08. The lowest BCUT2D eigenvalue weighted by Crippen LogP contribution is -2.31. The third kappa shape index (κ3) is 7.97. The first-order valence-electron chi connectivity index (χ1n) is 4.91. The van der Waals surface area contributed by atoms with E-state index in [0.717, 1.165) is 31.9 Å². The molecule has 0 aliphatic rings. The number of hydrogen-bond acceptors (Lipinski definition) is 4. The maximum atomic E-state index is 5.31. The predicted octanol–water partition coefficient (Wildman–Crippen LogP) is 0.311. The van der Waals surface area contributed by atoms with Crippen molar-refractivity contribution in [2.45, 2.75) is 19.8 Å². The van der Waals surface area contributed by atoms with E-state index in [9.17, 15) is 0 Å². The van der Waals surface area contributed by atoms with Crippen molar-refractivity contribution in [3.63, 3.8) is 0 Å². The van der Waals surface area contributed by atoms with Gasteiger partial charge in [0, 0.05) is 26.7 Å². The molecular formula is C9H21N3O2. The molecule has 84 valence electrons. The van der Waals surface area contributed by atoms with E-state index in [1.807, 2.05) is 6.92 Å². The van der Waals surface area contributed by atoms with Crippen molar-refractivity contribution in [2.24, 2.45) is 10.8 Å². The van der Waals surface area contributed by atoms with Crippen molar-refractivity contribution >= 4 is 5.84 Å². The average Bonchev–Trinajstić information content (AvgIpc) is 2.22. The van der Waals surface area contributed by atoms with Crippen molar-refractivity contribution in [3.8, 4) is 0 Å². The molecule has 0 heterocycles. The van der Waals surface area contributed by atoms with E-state index in [0.29, 0.717) is 13.2 Å². The Balaban J connectivity index is 3.51. The second-order valence-electron chi connectivity index (χ2n) is 2.77. The lowest BCUT2D eigenvalue weighted by atomic mass is 10.3. The smallest absolute Gasteiger partial charge is 0.110 e. The van der Waals surface area contributed by atoms with Crippen LogP contribution in [-0.2, 0) is 9.47 Å². The van der Waals surface area contributed by atoms with Gasteiger partial charge in [-0.25, -0.2) is 5.84 Å². The highest BCUT2D eigenvalue weighted by Crippen LogP contribution is 1.92. The summed E-state index contributed by atoms with van der Waals surface area (Å²) in [6, 6.07) is 0. The SMILES string of the molecule is CCOCCCC(=NCCOC)NN. The van der Waals surface area contributed by atoms with E-state index >= 15 is 0 Å². The molecular weight excluding hydrogens is 182 g/mol. The minimum absolute atomic E-state index is 0.622. The highest BCUT2D eigenvalue weighted by atomic mass is 16.5. The van der Waals surface area contributed by atoms with Gasteiger partial charge in [-0.05, 0) is 13.3 Å². The molecule has 5 heteroatoms. The number of aliphatic imine (C=N–C) groups is 1. The Hall–Kier alpha value is -0.650. The molecule has 5 nitrogen and oxygen atoms in total. The summed E-state index contributed by atoms with van der Waals surface area (Å²) in [5.41, 5.74) is 2.58. The Morgan fingerprint density at radius 2 is 2.21 bits per heavy atom. The Morgan fingerprint density at radius 3 is 2.79 bits per heavy atom. The van der Waals surface area contributed by atoms with Gasteiger partial charge in [0.15, 0.2) is 0 Å². The van der Waals surface area contributed by atoms with Gasteiger partial charge in [0.2, 0.25) is 0 Å². The van der Waals surface area contributed by atoms with Crippen LogP contribution in [0.4, 0.5) is 0 Å². The van der Waals surface area contributed by atoms with Gasteiger partial charge in [0.1, 0.15) is 5.84 Å². The first-order valence-corrected chi connectivity index (χ1v) is 4.91. The number of nitrogens with two attached hydrogens (primary N) is 1. The molecule has 0 bridgehead atoms. The van der Waals surface area contributed by atoms with Gasteiger partial charge in [-0.3, -0.25) is 4.99 Å². The summed E-state index contributed by atoms with van der Waals surface area (Å²) in [7, 11) is 1.65. The first kappa shape index (κ1) is 13.4. The summed E-state index contributed by atoms with van der Waals surface area (Å²) in [6.07, 6.45) is 1.75. The first-order chi connectivity index (χ1) is 6.85. The van der Waals surface area contributed by atoms with Crippen molar-refractivity contribution in [2.75, 3.05) is 33.5 Å². The van der Waals surface area contributed by atoms with Crippen LogP contribution in [0.1, 0.15) is 19.8 Å². The molecule has 0 unspecified atom stereocenters. The summed E-state index contributed by atoms with van der Waals surface area (Å²) in [6.45, 7) is 4.75. The predicted molar refractivity (Wildman–Crippen MR) is 57.2 cm³/mol. The Kier molecular flexibility index (Phi) is 9.95. The summed E-state index contributed by atoms with van der Waals surface area (Å²) < 4.78 is 10.1. The molecule has 0 aromatic heterocycles. The lowest BCUT2D eigenvalue weighted by molar-refractivity contribution is 0.146. The molecule has 0 aromatic rings. The van der Waals surface area contributed by atoms with Gasteiger partial charge in [-0.1, -0.05) is 0 Å². The van der Waals surface area contributed by atoms with Gasteiger partial charge >= 0.3 is 0 Å². The van der Waals surface area contributed by atoms with Crippen LogP contribution >= 0.6 is 0 Å². The fraction of sp³-hybridized carbons (Fsp3) is 0.889. The van der Waals surface area contributed by atoms with Gasteiger partial charge in [-0.2, -0.15) is 0 Å². The fourth-order valence-corrected chi connectivity index (χ4v) is 0.955.